The molecule has 1 aliphatic heterocycles. The number of nitrogens with zero attached hydrogens (tertiary/aromatic N) is 1. The van der Waals surface area contributed by atoms with Crippen LogP contribution < -0.4 is 0 Å². The molecular weight excluding hydrogens is 667 g/mol. The van der Waals surface area contributed by atoms with Crippen LogP contribution in [0.25, 0.3) is 6.08 Å². The molecule has 0 aromatic carbocycles. The van der Waals surface area contributed by atoms with Crippen LogP contribution in [-0.2, 0) is 23.2 Å². The molecule has 1 aromatic rings. The number of carbonyl (C=O) groups excluding carboxylic acids is 2. The van der Waals surface area contributed by atoms with E-state index in [1.54, 1.807) is 11.3 Å². The van der Waals surface area contributed by atoms with E-state index in [-0.39, 0.29) is 30.2 Å². The Morgan fingerprint density at radius 2 is 1.53 bits per heavy atom. The van der Waals surface area contributed by atoms with Crippen LogP contribution in [0.4, 0.5) is 0 Å². The summed E-state index contributed by atoms with van der Waals surface area (Å²) >= 11 is 1.58. The van der Waals surface area contributed by atoms with E-state index in [9.17, 15) is 14.7 Å². The maximum absolute atomic E-state index is 14.9. The van der Waals surface area contributed by atoms with Crippen molar-refractivity contribution >= 4 is 45.8 Å². The van der Waals surface area contributed by atoms with Crippen molar-refractivity contribution in [1.82, 2.24) is 4.98 Å². The quantitative estimate of drug-likeness (QED) is 0.130. The number of rotatable bonds is 12. The number of ether oxygens (including phenoxy) is 1. The minimum absolute atomic E-state index is 0.0102. The van der Waals surface area contributed by atoms with E-state index in [4.69, 9.17) is 13.6 Å². The molecular formula is C39H69NO6SSi2. The van der Waals surface area contributed by atoms with Crippen molar-refractivity contribution < 1.29 is 28.3 Å². The molecule has 0 spiro atoms. The smallest absolute Gasteiger partial charge is 0.309 e. The highest BCUT2D eigenvalue weighted by molar-refractivity contribution is 7.09. The molecule has 0 bridgehead atoms. The summed E-state index contributed by atoms with van der Waals surface area (Å²) in [7, 11) is -4.31. The zero-order chi connectivity index (χ0) is 37.2. The number of ketones is 1. The molecule has 2 heterocycles. The van der Waals surface area contributed by atoms with E-state index in [0.29, 0.717) is 12.8 Å². The van der Waals surface area contributed by atoms with Gasteiger partial charge in [0.1, 0.15) is 11.9 Å². The fourth-order valence-corrected chi connectivity index (χ4v) is 13.9. The van der Waals surface area contributed by atoms with Crippen molar-refractivity contribution in [1.29, 1.82) is 0 Å². The first kappa shape index (κ1) is 43.7. The SMILES string of the molecule is CC[Si](CC)(CC)O[C@H]1[C@@H](C)CC[C@H](O)/C(C)=C\C[C@@H](/C(C)=C/c2csc(C)n2)OC(=O)C[C@H](O[Si](CC)(CC)CC)C(C)(C)C(=O)[C@@H]1C. The van der Waals surface area contributed by atoms with Gasteiger partial charge in [-0.05, 0) is 93.0 Å². The van der Waals surface area contributed by atoms with Crippen molar-refractivity contribution in [2.24, 2.45) is 17.3 Å². The molecule has 0 fully saturated rings. The molecule has 0 saturated heterocycles. The van der Waals surface area contributed by atoms with E-state index < -0.39 is 46.3 Å². The predicted molar refractivity (Wildman–Crippen MR) is 210 cm³/mol. The zero-order valence-corrected chi connectivity index (χ0v) is 35.9. The summed E-state index contributed by atoms with van der Waals surface area (Å²) in [5, 5.41) is 14.2. The first-order valence-corrected chi connectivity index (χ1v) is 25.0. The van der Waals surface area contributed by atoms with Crippen LogP contribution in [0.1, 0.15) is 119 Å². The molecule has 0 amide bonds. The number of aliphatic hydroxyl groups excluding tert-OH is 1. The second-order valence-electron chi connectivity index (χ2n) is 15.2. The van der Waals surface area contributed by atoms with Crippen LogP contribution in [-0.4, -0.2) is 62.9 Å². The third kappa shape index (κ3) is 11.5. The molecule has 10 heteroatoms. The summed E-state index contributed by atoms with van der Waals surface area (Å²) in [5.41, 5.74) is 1.61. The Labute approximate surface area is 305 Å². The molecule has 2 rings (SSSR count). The summed E-state index contributed by atoms with van der Waals surface area (Å²) in [6, 6.07) is 5.71. The number of carbonyl (C=O) groups is 2. The molecule has 49 heavy (non-hydrogen) atoms. The second-order valence-corrected chi connectivity index (χ2v) is 25.7. The van der Waals surface area contributed by atoms with Crippen molar-refractivity contribution in [3.63, 3.8) is 0 Å². The molecule has 0 saturated carbocycles. The normalized spacial score (nSPS) is 28.2. The standard InChI is InChI=1S/C39H69NO6SSi2/c1-14-48(15-2,16-3)45-35-25-36(42)44-34(29(9)24-32-26-47-31(11)40-32)23-21-27(7)33(41)22-20-28(8)37(30(10)38(43)39(35,12)13)46-49(17-4,18-5)19-6/h21,24,26,28,30,33-35,37,41H,14-20,22-23,25H2,1-13H3/b27-21-,29-24+/t28-,30+,33-,34-,35-,37-/m0/s1. The van der Waals surface area contributed by atoms with Gasteiger partial charge in [0.25, 0.3) is 0 Å². The number of aromatic nitrogens is 1. The number of cyclic esters (lactones) is 1. The van der Waals surface area contributed by atoms with Gasteiger partial charge < -0.3 is 18.7 Å². The molecule has 280 valence electrons. The Kier molecular flexibility index (Phi) is 17.3. The fourth-order valence-electron chi connectivity index (χ4n) is 7.34. The van der Waals surface area contributed by atoms with Gasteiger partial charge in [-0.15, -0.1) is 11.3 Å². The Morgan fingerprint density at radius 1 is 0.980 bits per heavy atom. The van der Waals surface area contributed by atoms with E-state index in [1.807, 2.05) is 59.1 Å². The molecule has 0 unspecified atom stereocenters. The monoisotopic (exact) mass is 735 g/mol. The maximum atomic E-state index is 14.9. The predicted octanol–water partition coefficient (Wildman–Crippen LogP) is 10.3. The van der Waals surface area contributed by atoms with Crippen molar-refractivity contribution in [2.45, 2.75) is 176 Å². The number of hydrogen-bond acceptors (Lipinski definition) is 8. The van der Waals surface area contributed by atoms with Crippen LogP contribution in [0.2, 0.25) is 36.3 Å². The molecule has 7 nitrogen and oxygen atoms in total. The lowest BCUT2D eigenvalue weighted by molar-refractivity contribution is -0.153. The van der Waals surface area contributed by atoms with E-state index in [2.05, 4.69) is 53.5 Å². The van der Waals surface area contributed by atoms with Gasteiger partial charge in [-0.2, -0.15) is 0 Å². The van der Waals surface area contributed by atoms with Crippen molar-refractivity contribution in [3.05, 3.63) is 33.3 Å². The lowest BCUT2D eigenvalue weighted by Crippen LogP contribution is -2.53. The Hall–Kier alpha value is -1.44. The molecule has 0 aliphatic carbocycles. The van der Waals surface area contributed by atoms with Crippen LogP contribution in [0.15, 0.2) is 22.6 Å². The van der Waals surface area contributed by atoms with E-state index >= 15 is 0 Å². The highest BCUT2D eigenvalue weighted by Crippen LogP contribution is 2.40. The van der Waals surface area contributed by atoms with Gasteiger partial charge in [0.15, 0.2) is 16.6 Å². The number of Topliss-reactive ketones (excluding diaryl/α,β-unsaturated/α-hetero) is 1. The number of aryl methyl sites for hydroxylation is 1. The van der Waals surface area contributed by atoms with Gasteiger partial charge in [0, 0.05) is 23.1 Å². The van der Waals surface area contributed by atoms with Gasteiger partial charge in [-0.25, -0.2) is 4.98 Å². The third-order valence-electron chi connectivity index (χ3n) is 11.8. The Balaban J connectivity index is 2.70. The lowest BCUT2D eigenvalue weighted by Gasteiger charge is -2.44. The fraction of sp³-hybridized carbons (Fsp3) is 0.769. The van der Waals surface area contributed by atoms with Gasteiger partial charge in [-0.1, -0.05) is 75.3 Å². The van der Waals surface area contributed by atoms with Crippen molar-refractivity contribution in [2.75, 3.05) is 0 Å². The summed E-state index contributed by atoms with van der Waals surface area (Å²) in [5.74, 6) is -0.673. The average Bonchev–Trinajstić information content (AvgIpc) is 3.50. The van der Waals surface area contributed by atoms with Crippen molar-refractivity contribution in [3.8, 4) is 0 Å². The molecule has 1 aliphatic rings. The van der Waals surface area contributed by atoms with Crippen LogP contribution >= 0.6 is 11.3 Å². The summed E-state index contributed by atoms with van der Waals surface area (Å²) in [6.45, 7) is 27.2. The van der Waals surface area contributed by atoms with Gasteiger partial charge in [0.2, 0.25) is 0 Å². The Bertz CT molecular complexity index is 1250. The zero-order valence-electron chi connectivity index (χ0n) is 33.1. The third-order valence-corrected chi connectivity index (χ3v) is 21.9. The second kappa shape index (κ2) is 19.4. The lowest BCUT2D eigenvalue weighted by atomic mass is 9.73. The minimum atomic E-state index is -2.23. The van der Waals surface area contributed by atoms with Gasteiger partial charge in [0.05, 0.1) is 35.4 Å². The summed E-state index contributed by atoms with van der Waals surface area (Å²) in [6.07, 6.45) is 3.60. The van der Waals surface area contributed by atoms with Gasteiger partial charge >= 0.3 is 5.97 Å². The highest BCUT2D eigenvalue weighted by atomic mass is 32.1. The Morgan fingerprint density at radius 3 is 2.04 bits per heavy atom. The first-order valence-electron chi connectivity index (χ1n) is 19.0. The summed E-state index contributed by atoms with van der Waals surface area (Å²) < 4.78 is 20.6. The van der Waals surface area contributed by atoms with Crippen LogP contribution in [0, 0.1) is 24.2 Å². The average molecular weight is 736 g/mol. The minimum Gasteiger partial charge on any atom is -0.457 e. The van der Waals surface area contributed by atoms with Crippen LogP contribution in [0.3, 0.4) is 0 Å². The highest BCUT2D eigenvalue weighted by Gasteiger charge is 2.48. The number of aliphatic hydroxyl groups is 1. The molecule has 0 radical (unpaired) electrons. The van der Waals surface area contributed by atoms with Gasteiger partial charge in [-0.3, -0.25) is 9.59 Å². The number of esters is 1. The molecule has 1 N–H and O–H groups in total. The largest absolute Gasteiger partial charge is 0.457 e. The first-order chi connectivity index (χ1) is 23.0. The molecule has 6 atom stereocenters. The summed E-state index contributed by atoms with van der Waals surface area (Å²) in [4.78, 5) is 33.5. The number of thiazole rings is 1. The van der Waals surface area contributed by atoms with E-state index in [0.717, 1.165) is 64.5 Å². The topological polar surface area (TPSA) is 95.0 Å². The van der Waals surface area contributed by atoms with Crippen LogP contribution in [0.5, 0.6) is 0 Å². The number of hydrogen-bond donors (Lipinski definition) is 1. The maximum Gasteiger partial charge on any atom is 0.309 e. The van der Waals surface area contributed by atoms with E-state index in [1.165, 1.54) is 0 Å². The molecule has 1 aromatic heterocycles.